The van der Waals surface area contributed by atoms with Crippen LogP contribution in [0.25, 0.3) is 0 Å². The largest absolute Gasteiger partial charge is 0.359 e. The molecule has 76 valence electrons. The molecule has 1 aliphatic heterocycles. The van der Waals surface area contributed by atoms with Crippen molar-refractivity contribution in [3.8, 4) is 0 Å². The van der Waals surface area contributed by atoms with Gasteiger partial charge in [-0.3, -0.25) is 4.68 Å². The van der Waals surface area contributed by atoms with E-state index in [1.165, 1.54) is 12.1 Å². The highest BCUT2D eigenvalue weighted by molar-refractivity contribution is 9.10. The van der Waals surface area contributed by atoms with Crippen molar-refractivity contribution in [3.63, 3.8) is 0 Å². The number of nitrogens with zero attached hydrogens (tertiary/aromatic N) is 2. The molecule has 1 aromatic rings. The van der Waals surface area contributed by atoms with Gasteiger partial charge in [0.25, 0.3) is 0 Å². The first kappa shape index (κ1) is 8.92. The summed E-state index contributed by atoms with van der Waals surface area (Å²) < 4.78 is 8.84. The van der Waals surface area contributed by atoms with E-state index in [4.69, 9.17) is 4.74 Å². The van der Waals surface area contributed by atoms with Crippen molar-refractivity contribution in [2.45, 2.75) is 31.5 Å². The molecule has 1 saturated carbocycles. The summed E-state index contributed by atoms with van der Waals surface area (Å²) >= 11 is 3.55. The fraction of sp³-hybridized carbons (Fsp3) is 0.700. The molecule has 0 spiro atoms. The van der Waals surface area contributed by atoms with Crippen LogP contribution < -0.4 is 0 Å². The van der Waals surface area contributed by atoms with Crippen LogP contribution in [-0.2, 0) is 17.4 Å². The third-order valence-electron chi connectivity index (χ3n) is 3.38. The topological polar surface area (TPSA) is 30.4 Å². The number of hydrogen-bond acceptors (Lipinski definition) is 2. The average Bonchev–Trinajstić information content (AvgIpc) is 2.49. The van der Waals surface area contributed by atoms with Crippen molar-refractivity contribution in [3.05, 3.63) is 16.4 Å². The molecule has 14 heavy (non-hydrogen) atoms. The van der Waals surface area contributed by atoms with Crippen molar-refractivity contribution in [1.82, 2.24) is 9.78 Å². The Morgan fingerprint density at radius 3 is 3.00 bits per heavy atom. The van der Waals surface area contributed by atoms with Gasteiger partial charge in [0.1, 0.15) is 5.60 Å². The van der Waals surface area contributed by atoms with E-state index in [0.717, 1.165) is 16.8 Å². The fourth-order valence-corrected chi connectivity index (χ4v) is 3.48. The lowest BCUT2D eigenvalue weighted by atomic mass is 10.0. The van der Waals surface area contributed by atoms with Gasteiger partial charge in [-0.25, -0.2) is 0 Å². The first-order chi connectivity index (χ1) is 6.63. The number of aromatic nitrogens is 2. The number of ether oxygens (including phenoxy) is 1. The summed E-state index contributed by atoms with van der Waals surface area (Å²) in [6.45, 7) is 2.29. The molecule has 0 radical (unpaired) electrons. The molecule has 0 N–H and O–H groups in total. The molecule has 2 heterocycles. The van der Waals surface area contributed by atoms with Crippen molar-refractivity contribution in [2.24, 2.45) is 13.0 Å². The maximum atomic E-state index is 5.83. The van der Waals surface area contributed by atoms with E-state index in [0.29, 0.717) is 6.10 Å². The summed E-state index contributed by atoms with van der Waals surface area (Å²) in [5.74, 6) is 0.774. The maximum absolute atomic E-state index is 5.83. The Morgan fingerprint density at radius 1 is 1.71 bits per heavy atom. The molecular formula is C10H13BrN2O. The maximum Gasteiger partial charge on any atom is 0.138 e. The van der Waals surface area contributed by atoms with Crippen LogP contribution in [-0.4, -0.2) is 15.9 Å². The number of fused-ring (bicyclic) bond motifs is 1. The van der Waals surface area contributed by atoms with E-state index in [2.05, 4.69) is 28.0 Å². The summed E-state index contributed by atoms with van der Waals surface area (Å²) in [5.41, 5.74) is 1.20. The minimum atomic E-state index is -0.0104. The van der Waals surface area contributed by atoms with Crippen LogP contribution in [0.1, 0.15) is 25.5 Å². The van der Waals surface area contributed by atoms with Crippen molar-refractivity contribution < 1.29 is 4.74 Å². The number of halogens is 1. The predicted octanol–water partition coefficient (Wildman–Crippen LogP) is 2.21. The van der Waals surface area contributed by atoms with Gasteiger partial charge < -0.3 is 4.74 Å². The van der Waals surface area contributed by atoms with E-state index in [1.54, 1.807) is 0 Å². The summed E-state index contributed by atoms with van der Waals surface area (Å²) in [5, 5.41) is 4.25. The molecule has 3 nitrogen and oxygen atoms in total. The Balaban J connectivity index is 2.04. The molecule has 0 bridgehead atoms. The standard InChI is InChI=1S/C10H13BrN2O/c1-6-3-8-10(4-6,14-8)9-7(11)5-12-13(9)2/h5-6,8H,3-4H2,1-2H3. The van der Waals surface area contributed by atoms with Gasteiger partial charge in [0.2, 0.25) is 0 Å². The highest BCUT2D eigenvalue weighted by Crippen LogP contribution is 2.60. The molecule has 1 aromatic heterocycles. The van der Waals surface area contributed by atoms with Crippen LogP contribution in [0.5, 0.6) is 0 Å². The lowest BCUT2D eigenvalue weighted by molar-refractivity contribution is 0.213. The van der Waals surface area contributed by atoms with Gasteiger partial charge in [0.15, 0.2) is 0 Å². The summed E-state index contributed by atoms with van der Waals surface area (Å²) in [4.78, 5) is 0. The zero-order valence-corrected chi connectivity index (χ0v) is 9.91. The van der Waals surface area contributed by atoms with Gasteiger partial charge in [-0.2, -0.15) is 5.10 Å². The van der Waals surface area contributed by atoms with E-state index in [9.17, 15) is 0 Å². The van der Waals surface area contributed by atoms with Crippen molar-refractivity contribution in [1.29, 1.82) is 0 Å². The van der Waals surface area contributed by atoms with Crippen LogP contribution in [0, 0.1) is 5.92 Å². The quantitative estimate of drug-likeness (QED) is 0.722. The molecule has 0 amide bonds. The summed E-state index contributed by atoms with van der Waals surface area (Å²) in [6, 6.07) is 0. The zero-order chi connectivity index (χ0) is 9.92. The number of aryl methyl sites for hydroxylation is 1. The summed E-state index contributed by atoms with van der Waals surface area (Å²) in [7, 11) is 1.98. The molecule has 2 fully saturated rings. The normalized spacial score (nSPS) is 39.9. The Kier molecular flexibility index (Phi) is 1.66. The second-order valence-corrected chi connectivity index (χ2v) is 5.36. The zero-order valence-electron chi connectivity index (χ0n) is 8.33. The molecule has 3 atom stereocenters. The van der Waals surface area contributed by atoms with Gasteiger partial charge >= 0.3 is 0 Å². The first-order valence-corrected chi connectivity index (χ1v) is 5.78. The Labute approximate surface area is 91.6 Å². The third-order valence-corrected chi connectivity index (χ3v) is 3.96. The highest BCUT2D eigenvalue weighted by Gasteiger charge is 2.64. The van der Waals surface area contributed by atoms with E-state index in [-0.39, 0.29) is 5.60 Å². The van der Waals surface area contributed by atoms with Gasteiger partial charge in [-0.05, 0) is 34.7 Å². The smallest absolute Gasteiger partial charge is 0.138 e. The predicted molar refractivity (Wildman–Crippen MR) is 55.9 cm³/mol. The summed E-state index contributed by atoms with van der Waals surface area (Å²) in [6.07, 6.45) is 4.61. The molecule has 1 saturated heterocycles. The van der Waals surface area contributed by atoms with Crippen molar-refractivity contribution in [2.75, 3.05) is 0 Å². The van der Waals surface area contributed by atoms with Crippen LogP contribution in [0.15, 0.2) is 10.7 Å². The third kappa shape index (κ3) is 0.984. The van der Waals surface area contributed by atoms with E-state index >= 15 is 0 Å². The van der Waals surface area contributed by atoms with Crippen LogP contribution in [0.2, 0.25) is 0 Å². The first-order valence-electron chi connectivity index (χ1n) is 4.99. The number of rotatable bonds is 1. The lowest BCUT2D eigenvalue weighted by Crippen LogP contribution is -2.14. The molecular weight excluding hydrogens is 244 g/mol. The molecule has 2 aliphatic rings. The Morgan fingerprint density at radius 2 is 2.50 bits per heavy atom. The molecule has 3 rings (SSSR count). The van der Waals surface area contributed by atoms with Crippen molar-refractivity contribution >= 4 is 15.9 Å². The van der Waals surface area contributed by atoms with Gasteiger partial charge in [0, 0.05) is 7.05 Å². The van der Waals surface area contributed by atoms with Crippen LogP contribution in [0.3, 0.4) is 0 Å². The minimum Gasteiger partial charge on any atom is -0.359 e. The second-order valence-electron chi connectivity index (χ2n) is 4.51. The van der Waals surface area contributed by atoms with Gasteiger partial charge in [-0.1, -0.05) is 6.92 Å². The van der Waals surface area contributed by atoms with E-state index < -0.39 is 0 Å². The Hall–Kier alpha value is -0.350. The molecule has 3 unspecified atom stereocenters. The van der Waals surface area contributed by atoms with Gasteiger partial charge in [-0.15, -0.1) is 0 Å². The van der Waals surface area contributed by atoms with E-state index in [1.807, 2.05) is 17.9 Å². The van der Waals surface area contributed by atoms with Gasteiger partial charge in [0.05, 0.1) is 22.5 Å². The molecule has 0 aromatic carbocycles. The average molecular weight is 257 g/mol. The monoisotopic (exact) mass is 256 g/mol. The van der Waals surface area contributed by atoms with Crippen LogP contribution >= 0.6 is 15.9 Å². The fourth-order valence-electron chi connectivity index (χ4n) is 2.80. The SMILES string of the molecule is CC1CC2OC2(c2c(Br)cnn2C)C1. The molecule has 1 aliphatic carbocycles. The minimum absolute atomic E-state index is 0.0104. The Bertz CT molecular complexity index is 370. The molecule has 4 heteroatoms. The van der Waals surface area contributed by atoms with Crippen LogP contribution in [0.4, 0.5) is 0 Å². The second kappa shape index (κ2) is 2.61. The highest BCUT2D eigenvalue weighted by atomic mass is 79.9. The lowest BCUT2D eigenvalue weighted by Gasteiger charge is -2.12. The number of hydrogen-bond donors (Lipinski definition) is 0. The number of epoxide rings is 1.